The second kappa shape index (κ2) is 9.30. The van der Waals surface area contributed by atoms with E-state index in [4.69, 9.17) is 4.74 Å². The molecule has 8 heteroatoms. The molecule has 0 saturated carbocycles. The Balaban J connectivity index is 1.33. The van der Waals surface area contributed by atoms with E-state index in [1.54, 1.807) is 29.2 Å². The third-order valence-corrected chi connectivity index (χ3v) is 5.21. The molecule has 3 aromatic rings. The average molecular weight is 405 g/mol. The number of benzene rings is 2. The van der Waals surface area contributed by atoms with Crippen LogP contribution in [0.2, 0.25) is 0 Å². The highest BCUT2D eigenvalue weighted by atomic mass is 16.5. The number of para-hydroxylation sites is 1. The maximum Gasteiger partial charge on any atom is 0.224 e. The first kappa shape index (κ1) is 19.8. The summed E-state index contributed by atoms with van der Waals surface area (Å²) in [7, 11) is 0. The molecule has 0 radical (unpaired) electrons. The SMILES string of the molecule is O=C(c1ccc(Oc2ccccc2)cc1)C1CCCN(C(=O)CCn2cnnn2)C1. The van der Waals surface area contributed by atoms with E-state index < -0.39 is 0 Å². The van der Waals surface area contributed by atoms with Crippen molar-refractivity contribution < 1.29 is 14.3 Å². The number of Topliss-reactive ketones (excluding diaryl/α,β-unsaturated/α-hetero) is 1. The van der Waals surface area contributed by atoms with Crippen LogP contribution in [-0.4, -0.2) is 49.9 Å². The second-order valence-corrected chi connectivity index (χ2v) is 7.31. The average Bonchev–Trinajstić information content (AvgIpc) is 3.32. The van der Waals surface area contributed by atoms with Gasteiger partial charge >= 0.3 is 0 Å². The van der Waals surface area contributed by atoms with Crippen LogP contribution in [-0.2, 0) is 11.3 Å². The number of ether oxygens (including phenoxy) is 1. The van der Waals surface area contributed by atoms with Crippen molar-refractivity contribution in [3.8, 4) is 11.5 Å². The lowest BCUT2D eigenvalue weighted by Crippen LogP contribution is -2.42. The fourth-order valence-electron chi connectivity index (χ4n) is 3.62. The minimum Gasteiger partial charge on any atom is -0.457 e. The van der Waals surface area contributed by atoms with Gasteiger partial charge in [0.25, 0.3) is 0 Å². The van der Waals surface area contributed by atoms with Crippen molar-refractivity contribution >= 4 is 11.7 Å². The molecule has 154 valence electrons. The Bertz CT molecular complexity index is 974. The first-order valence-electron chi connectivity index (χ1n) is 10.0. The highest BCUT2D eigenvalue weighted by Crippen LogP contribution is 2.25. The van der Waals surface area contributed by atoms with Gasteiger partial charge in [-0.15, -0.1) is 5.10 Å². The van der Waals surface area contributed by atoms with Crippen molar-refractivity contribution in [2.45, 2.75) is 25.8 Å². The van der Waals surface area contributed by atoms with Gasteiger partial charge in [-0.05, 0) is 59.7 Å². The first-order valence-corrected chi connectivity index (χ1v) is 10.0. The lowest BCUT2D eigenvalue weighted by molar-refractivity contribution is -0.132. The summed E-state index contributed by atoms with van der Waals surface area (Å²) >= 11 is 0. The molecule has 1 amide bonds. The van der Waals surface area contributed by atoms with Crippen LogP contribution in [0, 0.1) is 5.92 Å². The van der Waals surface area contributed by atoms with Gasteiger partial charge in [-0.25, -0.2) is 4.68 Å². The number of aromatic nitrogens is 4. The van der Waals surface area contributed by atoms with Crippen LogP contribution in [0.15, 0.2) is 60.9 Å². The van der Waals surface area contributed by atoms with E-state index in [9.17, 15) is 9.59 Å². The third-order valence-electron chi connectivity index (χ3n) is 5.21. The topological polar surface area (TPSA) is 90.2 Å². The molecule has 8 nitrogen and oxygen atoms in total. The molecule has 0 bridgehead atoms. The van der Waals surface area contributed by atoms with E-state index >= 15 is 0 Å². The van der Waals surface area contributed by atoms with Crippen LogP contribution < -0.4 is 4.74 Å². The molecule has 2 aromatic carbocycles. The van der Waals surface area contributed by atoms with Gasteiger partial charge in [-0.1, -0.05) is 18.2 Å². The number of hydrogen-bond acceptors (Lipinski definition) is 6. The fraction of sp³-hybridized carbons (Fsp3) is 0.318. The molecule has 0 N–H and O–H groups in total. The number of carbonyl (C=O) groups excluding carboxylic acids is 2. The summed E-state index contributed by atoms with van der Waals surface area (Å²) in [5.41, 5.74) is 0.642. The maximum absolute atomic E-state index is 13.0. The molecule has 0 spiro atoms. The number of hydrogen-bond donors (Lipinski definition) is 0. The number of tetrazole rings is 1. The highest BCUT2D eigenvalue weighted by molar-refractivity contribution is 5.98. The molecule has 1 saturated heterocycles. The van der Waals surface area contributed by atoms with Crippen LogP contribution >= 0.6 is 0 Å². The number of likely N-dealkylation sites (tertiary alicyclic amines) is 1. The van der Waals surface area contributed by atoms with Crippen LogP contribution in [0.4, 0.5) is 0 Å². The van der Waals surface area contributed by atoms with E-state index in [2.05, 4.69) is 15.5 Å². The molecular weight excluding hydrogens is 382 g/mol. The van der Waals surface area contributed by atoms with Crippen molar-refractivity contribution in [2.24, 2.45) is 5.92 Å². The number of carbonyl (C=O) groups is 2. The molecule has 30 heavy (non-hydrogen) atoms. The van der Waals surface area contributed by atoms with Crippen LogP contribution in [0.25, 0.3) is 0 Å². The summed E-state index contributed by atoms with van der Waals surface area (Å²) in [5, 5.41) is 10.9. The molecule has 1 aliphatic rings. The number of amides is 1. The predicted molar refractivity (Wildman–Crippen MR) is 109 cm³/mol. The lowest BCUT2D eigenvalue weighted by Gasteiger charge is -2.32. The largest absolute Gasteiger partial charge is 0.457 e. The molecule has 1 aromatic heterocycles. The van der Waals surface area contributed by atoms with E-state index in [-0.39, 0.29) is 17.6 Å². The van der Waals surface area contributed by atoms with E-state index in [0.29, 0.717) is 37.4 Å². The first-order chi connectivity index (χ1) is 14.7. The molecule has 2 heterocycles. The number of piperidine rings is 1. The zero-order chi connectivity index (χ0) is 20.8. The van der Waals surface area contributed by atoms with Gasteiger partial charge in [0, 0.05) is 31.0 Å². The summed E-state index contributed by atoms with van der Waals surface area (Å²) in [6, 6.07) is 16.7. The Kier molecular flexibility index (Phi) is 6.12. The van der Waals surface area contributed by atoms with Gasteiger partial charge in [0.2, 0.25) is 5.91 Å². The van der Waals surface area contributed by atoms with Crippen LogP contribution in [0.1, 0.15) is 29.6 Å². The van der Waals surface area contributed by atoms with Crippen LogP contribution in [0.3, 0.4) is 0 Å². The van der Waals surface area contributed by atoms with Gasteiger partial charge in [0.1, 0.15) is 17.8 Å². The fourth-order valence-corrected chi connectivity index (χ4v) is 3.62. The Morgan fingerprint density at radius 2 is 1.80 bits per heavy atom. The van der Waals surface area contributed by atoms with Crippen molar-refractivity contribution in [1.82, 2.24) is 25.1 Å². The van der Waals surface area contributed by atoms with Crippen molar-refractivity contribution in [3.63, 3.8) is 0 Å². The molecule has 0 aliphatic carbocycles. The van der Waals surface area contributed by atoms with Gasteiger partial charge in [0.15, 0.2) is 5.78 Å². The Morgan fingerprint density at radius 1 is 1.03 bits per heavy atom. The van der Waals surface area contributed by atoms with Gasteiger partial charge in [-0.3, -0.25) is 9.59 Å². The summed E-state index contributed by atoms with van der Waals surface area (Å²) in [5.74, 6) is 1.34. The van der Waals surface area contributed by atoms with Gasteiger partial charge in [0.05, 0.1) is 6.54 Å². The zero-order valence-electron chi connectivity index (χ0n) is 16.6. The summed E-state index contributed by atoms with van der Waals surface area (Å²) in [6.45, 7) is 1.57. The molecule has 4 rings (SSSR count). The van der Waals surface area contributed by atoms with Crippen LogP contribution in [0.5, 0.6) is 11.5 Å². The van der Waals surface area contributed by atoms with E-state index in [0.717, 1.165) is 18.6 Å². The van der Waals surface area contributed by atoms with Gasteiger partial charge in [-0.2, -0.15) is 0 Å². The Hall–Kier alpha value is -3.55. The Labute approximate surface area is 174 Å². The highest BCUT2D eigenvalue weighted by Gasteiger charge is 2.28. The summed E-state index contributed by atoms with van der Waals surface area (Å²) in [4.78, 5) is 27.3. The van der Waals surface area contributed by atoms with Gasteiger partial charge < -0.3 is 9.64 Å². The summed E-state index contributed by atoms with van der Waals surface area (Å²) in [6.07, 6.45) is 3.42. The van der Waals surface area contributed by atoms with Crippen molar-refractivity contribution in [2.75, 3.05) is 13.1 Å². The molecule has 1 fully saturated rings. The minimum atomic E-state index is -0.184. The molecule has 1 unspecified atom stereocenters. The molecule has 1 atom stereocenters. The Morgan fingerprint density at radius 3 is 2.53 bits per heavy atom. The smallest absolute Gasteiger partial charge is 0.224 e. The third kappa shape index (κ3) is 4.89. The number of ketones is 1. The zero-order valence-corrected chi connectivity index (χ0v) is 16.6. The second-order valence-electron chi connectivity index (χ2n) is 7.31. The maximum atomic E-state index is 13.0. The number of rotatable bonds is 7. The normalized spacial score (nSPS) is 16.3. The van der Waals surface area contributed by atoms with E-state index in [1.807, 2.05) is 30.3 Å². The standard InChI is InChI=1S/C22H23N5O3/c28-21(12-14-27-16-23-24-25-27)26-13-4-5-18(15-26)22(29)17-8-10-20(11-9-17)30-19-6-2-1-3-7-19/h1-3,6-11,16,18H,4-5,12-15H2. The lowest BCUT2D eigenvalue weighted by atomic mass is 9.90. The minimum absolute atomic E-state index is 0.0228. The molecular formula is C22H23N5O3. The molecule has 1 aliphatic heterocycles. The monoisotopic (exact) mass is 405 g/mol. The summed E-state index contributed by atoms with van der Waals surface area (Å²) < 4.78 is 7.32. The van der Waals surface area contributed by atoms with Crippen molar-refractivity contribution in [1.29, 1.82) is 0 Å². The number of aryl methyl sites for hydroxylation is 1. The van der Waals surface area contributed by atoms with Crippen molar-refractivity contribution in [3.05, 3.63) is 66.5 Å². The number of nitrogens with zero attached hydrogens (tertiary/aromatic N) is 5. The predicted octanol–water partition coefficient (Wildman–Crippen LogP) is 2.98. The van der Waals surface area contributed by atoms with E-state index in [1.165, 1.54) is 11.0 Å². The quantitative estimate of drug-likeness (QED) is 0.562.